The Morgan fingerprint density at radius 3 is 2.50 bits per heavy atom. The molecule has 4 rings (SSSR count). The summed E-state index contributed by atoms with van der Waals surface area (Å²) in [5.41, 5.74) is 2.29. The van der Waals surface area contributed by atoms with Crippen LogP contribution < -0.4 is 4.74 Å². The molecule has 0 atom stereocenters. The Balaban J connectivity index is 1.52. The summed E-state index contributed by atoms with van der Waals surface area (Å²) < 4.78 is 10.4. The highest BCUT2D eigenvalue weighted by molar-refractivity contribution is 7.71. The fraction of sp³-hybridized carbons (Fsp3) is 0.381. The molecular formula is C21H25N5OS. The number of rotatable bonds is 8. The molecule has 28 heavy (non-hydrogen) atoms. The number of aromatic nitrogens is 4. The Morgan fingerprint density at radius 2 is 1.86 bits per heavy atom. The fourth-order valence-electron chi connectivity index (χ4n) is 3.32. The number of hydrogen-bond acceptors (Lipinski definition) is 5. The molecule has 1 aliphatic rings. The van der Waals surface area contributed by atoms with Gasteiger partial charge in [-0.15, -0.1) is 0 Å². The molecule has 1 aromatic carbocycles. The maximum atomic E-state index is 5.76. The first-order valence-electron chi connectivity index (χ1n) is 9.65. The van der Waals surface area contributed by atoms with Crippen molar-refractivity contribution in [2.75, 3.05) is 13.7 Å². The zero-order valence-corrected chi connectivity index (χ0v) is 17.1. The molecule has 0 bridgehead atoms. The van der Waals surface area contributed by atoms with Gasteiger partial charge in [0.15, 0.2) is 10.6 Å². The number of benzene rings is 1. The molecule has 0 spiro atoms. The minimum absolute atomic E-state index is 0.473. The van der Waals surface area contributed by atoms with Gasteiger partial charge in [-0.2, -0.15) is 5.10 Å². The Hall–Kier alpha value is -2.51. The van der Waals surface area contributed by atoms with Crippen molar-refractivity contribution in [3.8, 4) is 17.1 Å². The maximum absolute atomic E-state index is 5.76. The summed E-state index contributed by atoms with van der Waals surface area (Å²) in [6.07, 6.45) is 5.93. The smallest absolute Gasteiger partial charge is 0.199 e. The van der Waals surface area contributed by atoms with Crippen LogP contribution in [0.25, 0.3) is 11.4 Å². The van der Waals surface area contributed by atoms with Crippen molar-refractivity contribution in [2.45, 2.75) is 39.0 Å². The summed E-state index contributed by atoms with van der Waals surface area (Å²) in [4.78, 5) is 6.33. The SMILES string of the molecule is CCOc1ccc(CN(C)Cn2nc(-c3ccncc3)n(C3CC3)c2=S)cc1. The number of ether oxygens (including phenoxy) is 1. The average molecular weight is 396 g/mol. The highest BCUT2D eigenvalue weighted by atomic mass is 32.1. The third kappa shape index (κ3) is 4.15. The zero-order valence-electron chi connectivity index (χ0n) is 16.3. The first-order chi connectivity index (χ1) is 13.7. The van der Waals surface area contributed by atoms with Crippen molar-refractivity contribution in [2.24, 2.45) is 0 Å². The molecule has 6 nitrogen and oxygen atoms in total. The van der Waals surface area contributed by atoms with Crippen LogP contribution >= 0.6 is 12.2 Å². The van der Waals surface area contributed by atoms with E-state index >= 15 is 0 Å². The molecule has 2 aromatic heterocycles. The van der Waals surface area contributed by atoms with Crippen LogP contribution in [0, 0.1) is 4.77 Å². The Kier molecular flexibility index (Phi) is 5.54. The van der Waals surface area contributed by atoms with Crippen LogP contribution in [0.2, 0.25) is 0 Å². The van der Waals surface area contributed by atoms with E-state index in [1.165, 1.54) is 18.4 Å². The molecule has 1 saturated carbocycles. The zero-order chi connectivity index (χ0) is 19.5. The van der Waals surface area contributed by atoms with Gasteiger partial charge in [0, 0.05) is 30.5 Å². The second-order valence-corrected chi connectivity index (χ2v) is 7.54. The van der Waals surface area contributed by atoms with Crippen molar-refractivity contribution in [3.63, 3.8) is 0 Å². The van der Waals surface area contributed by atoms with Crippen LogP contribution in [0.5, 0.6) is 5.75 Å². The summed E-state index contributed by atoms with van der Waals surface area (Å²) in [5.74, 6) is 1.84. The van der Waals surface area contributed by atoms with Gasteiger partial charge in [-0.25, -0.2) is 4.68 Å². The lowest BCUT2D eigenvalue weighted by Crippen LogP contribution is -2.22. The van der Waals surface area contributed by atoms with Crippen LogP contribution in [0.3, 0.4) is 0 Å². The number of hydrogen-bond donors (Lipinski definition) is 0. The van der Waals surface area contributed by atoms with E-state index in [1.807, 2.05) is 35.9 Å². The minimum atomic E-state index is 0.473. The van der Waals surface area contributed by atoms with Gasteiger partial charge in [-0.1, -0.05) is 12.1 Å². The summed E-state index contributed by atoms with van der Waals surface area (Å²) in [7, 11) is 2.08. The summed E-state index contributed by atoms with van der Waals surface area (Å²) >= 11 is 5.76. The Bertz CT molecular complexity index is 976. The van der Waals surface area contributed by atoms with Crippen LogP contribution in [0.4, 0.5) is 0 Å². The molecule has 3 aromatic rings. The molecule has 0 aliphatic heterocycles. The molecular weight excluding hydrogens is 370 g/mol. The van der Waals surface area contributed by atoms with Gasteiger partial charge in [-0.05, 0) is 68.9 Å². The van der Waals surface area contributed by atoms with Gasteiger partial charge in [0.05, 0.1) is 13.3 Å². The molecule has 0 radical (unpaired) electrons. The average Bonchev–Trinajstić information content (AvgIpc) is 3.49. The quantitative estimate of drug-likeness (QED) is 0.532. The number of nitrogens with zero attached hydrogens (tertiary/aromatic N) is 5. The monoisotopic (exact) mass is 395 g/mol. The van der Waals surface area contributed by atoms with E-state index in [1.54, 1.807) is 12.4 Å². The molecule has 7 heteroatoms. The fourth-order valence-corrected chi connectivity index (χ4v) is 3.65. The second kappa shape index (κ2) is 8.24. The van der Waals surface area contributed by atoms with Gasteiger partial charge in [0.25, 0.3) is 0 Å². The summed E-state index contributed by atoms with van der Waals surface area (Å²) in [5, 5.41) is 4.85. The van der Waals surface area contributed by atoms with Crippen LogP contribution in [-0.2, 0) is 13.2 Å². The van der Waals surface area contributed by atoms with Gasteiger partial charge in [0.1, 0.15) is 5.75 Å². The predicted octanol–water partition coefficient (Wildman–Crippen LogP) is 4.30. The van der Waals surface area contributed by atoms with E-state index in [4.69, 9.17) is 22.1 Å². The lowest BCUT2D eigenvalue weighted by atomic mass is 10.2. The van der Waals surface area contributed by atoms with Crippen molar-refractivity contribution < 1.29 is 4.74 Å². The van der Waals surface area contributed by atoms with E-state index in [9.17, 15) is 0 Å². The predicted molar refractivity (Wildman–Crippen MR) is 112 cm³/mol. The van der Waals surface area contributed by atoms with E-state index in [0.717, 1.165) is 28.5 Å². The first-order valence-corrected chi connectivity index (χ1v) is 10.1. The van der Waals surface area contributed by atoms with E-state index in [2.05, 4.69) is 33.6 Å². The third-order valence-electron chi connectivity index (χ3n) is 4.78. The second-order valence-electron chi connectivity index (χ2n) is 7.18. The highest BCUT2D eigenvalue weighted by Gasteiger charge is 2.29. The third-order valence-corrected chi connectivity index (χ3v) is 5.19. The van der Waals surface area contributed by atoms with Crippen molar-refractivity contribution in [1.29, 1.82) is 0 Å². The van der Waals surface area contributed by atoms with E-state index < -0.39 is 0 Å². The normalized spacial score (nSPS) is 13.8. The Labute approximate surface area is 170 Å². The van der Waals surface area contributed by atoms with Gasteiger partial charge in [-0.3, -0.25) is 14.5 Å². The molecule has 1 fully saturated rings. The van der Waals surface area contributed by atoms with E-state index in [0.29, 0.717) is 19.3 Å². The van der Waals surface area contributed by atoms with Gasteiger partial charge in [0.2, 0.25) is 0 Å². The van der Waals surface area contributed by atoms with E-state index in [-0.39, 0.29) is 0 Å². The first kappa shape index (κ1) is 18.8. The molecule has 0 N–H and O–H groups in total. The highest BCUT2D eigenvalue weighted by Crippen LogP contribution is 2.38. The van der Waals surface area contributed by atoms with Crippen LogP contribution in [-0.4, -0.2) is 37.9 Å². The van der Waals surface area contributed by atoms with Gasteiger partial charge >= 0.3 is 0 Å². The molecule has 146 valence electrons. The lowest BCUT2D eigenvalue weighted by Gasteiger charge is -2.16. The molecule has 0 saturated heterocycles. The lowest BCUT2D eigenvalue weighted by molar-refractivity contribution is 0.243. The van der Waals surface area contributed by atoms with Crippen molar-refractivity contribution in [1.82, 2.24) is 24.2 Å². The standard InChI is InChI=1S/C21H25N5OS/c1-3-27-19-8-4-16(5-9-19)14-24(2)15-25-21(28)26(18-6-7-18)20(23-25)17-10-12-22-13-11-17/h4-5,8-13,18H,3,6-7,14-15H2,1-2H3. The molecule has 2 heterocycles. The molecule has 0 amide bonds. The van der Waals surface area contributed by atoms with Crippen LogP contribution in [0.1, 0.15) is 31.4 Å². The number of pyridine rings is 1. The minimum Gasteiger partial charge on any atom is -0.494 e. The molecule has 1 aliphatic carbocycles. The Morgan fingerprint density at radius 1 is 1.14 bits per heavy atom. The molecule has 0 unspecified atom stereocenters. The summed E-state index contributed by atoms with van der Waals surface area (Å²) in [6, 6.07) is 12.7. The maximum Gasteiger partial charge on any atom is 0.199 e. The largest absolute Gasteiger partial charge is 0.494 e. The van der Waals surface area contributed by atoms with Crippen LogP contribution in [0.15, 0.2) is 48.8 Å². The van der Waals surface area contributed by atoms with Gasteiger partial charge < -0.3 is 4.74 Å². The van der Waals surface area contributed by atoms with Crippen molar-refractivity contribution >= 4 is 12.2 Å². The summed E-state index contributed by atoms with van der Waals surface area (Å²) in [6.45, 7) is 4.13. The topological polar surface area (TPSA) is 48.1 Å². The van der Waals surface area contributed by atoms with Crippen molar-refractivity contribution in [3.05, 3.63) is 59.1 Å².